The lowest BCUT2D eigenvalue weighted by atomic mass is 9.87. The van der Waals surface area contributed by atoms with Crippen molar-refractivity contribution in [2.75, 3.05) is 19.8 Å². The van der Waals surface area contributed by atoms with Gasteiger partial charge in [-0.05, 0) is 54.2 Å². The van der Waals surface area contributed by atoms with Crippen molar-refractivity contribution in [2.45, 2.75) is 46.0 Å². The van der Waals surface area contributed by atoms with Crippen LogP contribution >= 0.6 is 0 Å². The van der Waals surface area contributed by atoms with Gasteiger partial charge >= 0.3 is 5.97 Å². The van der Waals surface area contributed by atoms with Crippen LogP contribution < -0.4 is 14.2 Å². The molecule has 0 unspecified atom stereocenters. The number of rotatable bonds is 10. The molecule has 0 aliphatic rings. The monoisotopic (exact) mass is 386 g/mol. The summed E-state index contributed by atoms with van der Waals surface area (Å²) in [4.78, 5) is 10.7. The van der Waals surface area contributed by atoms with E-state index in [1.54, 1.807) is 0 Å². The highest BCUT2D eigenvalue weighted by molar-refractivity contribution is 5.67. The quantitative estimate of drug-likeness (QED) is 0.591. The molecular formula is C23H30O5. The van der Waals surface area contributed by atoms with Crippen molar-refractivity contribution in [3.8, 4) is 17.2 Å². The molecule has 28 heavy (non-hydrogen) atoms. The van der Waals surface area contributed by atoms with Gasteiger partial charge in [-0.3, -0.25) is 4.79 Å². The summed E-state index contributed by atoms with van der Waals surface area (Å²) in [6, 6.07) is 13.6. The maximum absolute atomic E-state index is 10.7. The lowest BCUT2D eigenvalue weighted by Crippen LogP contribution is -2.12. The van der Waals surface area contributed by atoms with Crippen LogP contribution in [0, 0.1) is 0 Å². The predicted octanol–water partition coefficient (Wildman–Crippen LogP) is 4.86. The number of carboxylic acid groups (broad SMARTS) is 1. The smallest absolute Gasteiger partial charge is 0.303 e. The Morgan fingerprint density at radius 1 is 0.929 bits per heavy atom. The molecule has 2 aromatic carbocycles. The molecule has 0 fully saturated rings. The molecule has 0 radical (unpaired) electrons. The summed E-state index contributed by atoms with van der Waals surface area (Å²) >= 11 is 0. The summed E-state index contributed by atoms with van der Waals surface area (Å²) in [6.45, 7) is 9.75. The minimum Gasteiger partial charge on any atom is -0.490 e. The van der Waals surface area contributed by atoms with E-state index >= 15 is 0 Å². The Morgan fingerprint density at radius 3 is 2.21 bits per heavy atom. The van der Waals surface area contributed by atoms with Gasteiger partial charge in [0.25, 0.3) is 0 Å². The van der Waals surface area contributed by atoms with Gasteiger partial charge in [0.15, 0.2) is 11.5 Å². The highest BCUT2D eigenvalue weighted by Crippen LogP contribution is 2.29. The average molecular weight is 386 g/mol. The Hall–Kier alpha value is -2.69. The Kier molecular flexibility index (Phi) is 7.73. The molecule has 0 saturated carbocycles. The fourth-order valence-corrected chi connectivity index (χ4v) is 2.71. The van der Waals surface area contributed by atoms with Crippen LogP contribution in [0.25, 0.3) is 0 Å². The van der Waals surface area contributed by atoms with Gasteiger partial charge in [-0.25, -0.2) is 0 Å². The number of hydrogen-bond acceptors (Lipinski definition) is 4. The summed E-state index contributed by atoms with van der Waals surface area (Å²) in [6.07, 6.45) is 0.553. The number of carboxylic acids is 1. The molecule has 0 atom stereocenters. The van der Waals surface area contributed by atoms with Crippen molar-refractivity contribution in [2.24, 2.45) is 0 Å². The van der Waals surface area contributed by atoms with Crippen molar-refractivity contribution in [1.29, 1.82) is 0 Å². The predicted molar refractivity (Wildman–Crippen MR) is 110 cm³/mol. The van der Waals surface area contributed by atoms with E-state index in [1.807, 2.05) is 37.3 Å². The third kappa shape index (κ3) is 6.80. The second kappa shape index (κ2) is 10.0. The molecule has 0 amide bonds. The summed E-state index contributed by atoms with van der Waals surface area (Å²) in [5.74, 6) is 1.25. The molecular weight excluding hydrogens is 356 g/mol. The molecule has 0 bridgehead atoms. The Balaban J connectivity index is 1.88. The van der Waals surface area contributed by atoms with E-state index < -0.39 is 5.97 Å². The molecule has 0 aliphatic heterocycles. The van der Waals surface area contributed by atoms with Crippen LogP contribution in [-0.4, -0.2) is 30.9 Å². The van der Waals surface area contributed by atoms with Crippen LogP contribution in [0.1, 0.15) is 45.2 Å². The maximum atomic E-state index is 10.7. The molecule has 0 aliphatic carbocycles. The van der Waals surface area contributed by atoms with Crippen LogP contribution in [-0.2, 0) is 16.6 Å². The molecule has 0 spiro atoms. The van der Waals surface area contributed by atoms with Crippen LogP contribution in [0.15, 0.2) is 42.5 Å². The minimum absolute atomic E-state index is 0.0909. The summed E-state index contributed by atoms with van der Waals surface area (Å²) in [5, 5.41) is 8.82. The summed E-state index contributed by atoms with van der Waals surface area (Å²) < 4.78 is 17.2. The minimum atomic E-state index is -0.814. The average Bonchev–Trinajstić information content (AvgIpc) is 2.64. The Labute approximate surface area is 167 Å². The Bertz CT molecular complexity index is 760. The highest BCUT2D eigenvalue weighted by atomic mass is 16.5. The van der Waals surface area contributed by atoms with Crippen LogP contribution in [0.2, 0.25) is 0 Å². The van der Waals surface area contributed by atoms with Crippen molar-refractivity contribution in [3.05, 3.63) is 53.6 Å². The molecule has 0 aromatic heterocycles. The molecule has 0 saturated heterocycles. The molecule has 0 heterocycles. The van der Waals surface area contributed by atoms with Crippen molar-refractivity contribution in [1.82, 2.24) is 0 Å². The molecule has 2 aromatic rings. The van der Waals surface area contributed by atoms with E-state index in [2.05, 4.69) is 32.9 Å². The van der Waals surface area contributed by atoms with Crippen molar-refractivity contribution >= 4 is 5.97 Å². The number of carbonyl (C=O) groups is 1. The first-order valence-corrected chi connectivity index (χ1v) is 9.63. The third-order valence-corrected chi connectivity index (χ3v) is 4.27. The lowest BCUT2D eigenvalue weighted by molar-refractivity contribution is -0.136. The van der Waals surface area contributed by atoms with E-state index in [0.29, 0.717) is 37.7 Å². The van der Waals surface area contributed by atoms with E-state index in [0.717, 1.165) is 11.3 Å². The zero-order valence-corrected chi connectivity index (χ0v) is 17.2. The third-order valence-electron chi connectivity index (χ3n) is 4.27. The molecule has 152 valence electrons. The first-order chi connectivity index (χ1) is 13.3. The summed E-state index contributed by atoms with van der Waals surface area (Å²) in [5.41, 5.74) is 2.29. The van der Waals surface area contributed by atoms with E-state index in [-0.39, 0.29) is 11.8 Å². The van der Waals surface area contributed by atoms with Gasteiger partial charge in [-0.15, -0.1) is 0 Å². The zero-order valence-electron chi connectivity index (χ0n) is 17.2. The first kappa shape index (κ1) is 21.6. The van der Waals surface area contributed by atoms with E-state index in [4.69, 9.17) is 19.3 Å². The second-order valence-corrected chi connectivity index (χ2v) is 7.58. The topological polar surface area (TPSA) is 65.0 Å². The first-order valence-electron chi connectivity index (χ1n) is 9.63. The number of benzene rings is 2. The van der Waals surface area contributed by atoms with Gasteiger partial charge in [-0.2, -0.15) is 0 Å². The number of aryl methyl sites for hydroxylation is 1. The normalized spacial score (nSPS) is 11.1. The fraction of sp³-hybridized carbons (Fsp3) is 0.435. The van der Waals surface area contributed by atoms with Gasteiger partial charge in [-0.1, -0.05) is 39.0 Å². The van der Waals surface area contributed by atoms with Crippen LogP contribution in [0.5, 0.6) is 17.2 Å². The van der Waals surface area contributed by atoms with Gasteiger partial charge in [0.2, 0.25) is 0 Å². The van der Waals surface area contributed by atoms with Gasteiger partial charge in [0, 0.05) is 6.42 Å². The molecule has 1 N–H and O–H groups in total. The van der Waals surface area contributed by atoms with Gasteiger partial charge in [0.1, 0.15) is 19.0 Å². The lowest BCUT2D eigenvalue weighted by Gasteiger charge is -2.19. The van der Waals surface area contributed by atoms with E-state index in [1.165, 1.54) is 5.56 Å². The zero-order chi connectivity index (χ0) is 20.6. The number of aliphatic carboxylic acids is 1. The maximum Gasteiger partial charge on any atom is 0.303 e. The largest absolute Gasteiger partial charge is 0.490 e. The van der Waals surface area contributed by atoms with E-state index in [9.17, 15) is 4.79 Å². The number of hydrogen-bond donors (Lipinski definition) is 1. The molecule has 5 heteroatoms. The van der Waals surface area contributed by atoms with Crippen LogP contribution in [0.3, 0.4) is 0 Å². The van der Waals surface area contributed by atoms with Crippen molar-refractivity contribution in [3.63, 3.8) is 0 Å². The van der Waals surface area contributed by atoms with Gasteiger partial charge in [0.05, 0.1) is 6.61 Å². The highest BCUT2D eigenvalue weighted by Gasteiger charge is 2.13. The number of ether oxygens (including phenoxy) is 3. The van der Waals surface area contributed by atoms with Gasteiger partial charge < -0.3 is 19.3 Å². The second-order valence-electron chi connectivity index (χ2n) is 7.58. The van der Waals surface area contributed by atoms with Crippen molar-refractivity contribution < 1.29 is 24.1 Å². The molecule has 5 nitrogen and oxygen atoms in total. The summed E-state index contributed by atoms with van der Waals surface area (Å²) in [7, 11) is 0. The van der Waals surface area contributed by atoms with Crippen LogP contribution in [0.4, 0.5) is 0 Å². The SMILES string of the molecule is CCOc1cc(CCC(=O)O)ccc1OCCOc1ccc(C(C)(C)C)cc1. The standard InChI is InChI=1S/C23H30O5/c1-5-26-21-16-17(7-13-22(24)25)6-12-20(21)28-15-14-27-19-10-8-18(9-11-19)23(2,3)4/h6,8-12,16H,5,7,13-15H2,1-4H3,(H,24,25). The Morgan fingerprint density at radius 2 is 1.61 bits per heavy atom. The fourth-order valence-electron chi connectivity index (χ4n) is 2.71. The molecule has 2 rings (SSSR count).